The number of methoxy groups -OCH3 is 1. The van der Waals surface area contributed by atoms with Crippen LogP contribution in [-0.2, 0) is 9.47 Å². The van der Waals surface area contributed by atoms with Gasteiger partial charge in [-0.25, -0.2) is 4.79 Å². The molecule has 5 nitrogen and oxygen atoms in total. The maximum absolute atomic E-state index is 11.3. The molecule has 0 saturated carbocycles. The van der Waals surface area contributed by atoms with Crippen LogP contribution in [0, 0.1) is 0 Å². The van der Waals surface area contributed by atoms with Gasteiger partial charge >= 0.3 is 5.97 Å². The Balaban J connectivity index is 2.27. The fourth-order valence-electron chi connectivity index (χ4n) is 1.59. The van der Waals surface area contributed by atoms with E-state index >= 15 is 0 Å². The summed E-state index contributed by atoms with van der Waals surface area (Å²) < 4.78 is 15.5. The molecular weight excluding hydrogens is 246 g/mol. The van der Waals surface area contributed by atoms with Gasteiger partial charge in [0.05, 0.1) is 19.8 Å². The van der Waals surface area contributed by atoms with E-state index in [2.05, 4.69) is 17.0 Å². The molecule has 1 atom stereocenters. The van der Waals surface area contributed by atoms with Crippen molar-refractivity contribution >= 4 is 5.97 Å². The molecule has 1 heterocycles. The molecule has 0 spiro atoms. The number of hydrogen-bond donors (Lipinski definition) is 1. The van der Waals surface area contributed by atoms with Crippen LogP contribution >= 0.6 is 0 Å². The third-order valence-corrected chi connectivity index (χ3v) is 2.78. The summed E-state index contributed by atoms with van der Waals surface area (Å²) in [6, 6.07) is 3.44. The van der Waals surface area contributed by atoms with Gasteiger partial charge in [0.15, 0.2) is 0 Å². The fourth-order valence-corrected chi connectivity index (χ4v) is 1.59. The van der Waals surface area contributed by atoms with Gasteiger partial charge in [0.1, 0.15) is 5.76 Å². The van der Waals surface area contributed by atoms with Crippen molar-refractivity contribution in [3.05, 3.63) is 23.7 Å². The Labute approximate surface area is 114 Å². The second-order valence-electron chi connectivity index (χ2n) is 4.34. The molecule has 19 heavy (non-hydrogen) atoms. The first-order valence-electron chi connectivity index (χ1n) is 6.68. The van der Waals surface area contributed by atoms with Gasteiger partial charge in [-0.2, -0.15) is 0 Å². The van der Waals surface area contributed by atoms with Gasteiger partial charge in [-0.15, -0.1) is 0 Å². The second-order valence-corrected chi connectivity index (χ2v) is 4.34. The molecule has 0 aliphatic heterocycles. The van der Waals surface area contributed by atoms with Crippen molar-refractivity contribution in [1.82, 2.24) is 5.32 Å². The van der Waals surface area contributed by atoms with Gasteiger partial charge in [-0.1, -0.05) is 13.3 Å². The van der Waals surface area contributed by atoms with Gasteiger partial charge in [0, 0.05) is 13.2 Å². The highest BCUT2D eigenvalue weighted by molar-refractivity contribution is 5.86. The van der Waals surface area contributed by atoms with Gasteiger partial charge in [0.25, 0.3) is 0 Å². The maximum Gasteiger partial charge on any atom is 0.373 e. The van der Waals surface area contributed by atoms with E-state index in [1.807, 2.05) is 6.92 Å². The summed E-state index contributed by atoms with van der Waals surface area (Å²) in [6.07, 6.45) is 2.24. The lowest BCUT2D eigenvalue weighted by Gasteiger charge is -2.11. The van der Waals surface area contributed by atoms with Crippen LogP contribution in [0.15, 0.2) is 16.5 Å². The van der Waals surface area contributed by atoms with E-state index in [-0.39, 0.29) is 11.8 Å². The molecule has 108 valence electrons. The summed E-state index contributed by atoms with van der Waals surface area (Å²) in [5.41, 5.74) is 0. The van der Waals surface area contributed by atoms with E-state index in [0.29, 0.717) is 12.4 Å². The van der Waals surface area contributed by atoms with Gasteiger partial charge in [-0.3, -0.25) is 0 Å². The molecule has 1 N–H and O–H groups in total. The molecular formula is C14H23NO4. The van der Waals surface area contributed by atoms with Crippen LogP contribution < -0.4 is 5.32 Å². The minimum atomic E-state index is -0.457. The lowest BCUT2D eigenvalue weighted by molar-refractivity contribution is 0.0562. The van der Waals surface area contributed by atoms with Crippen LogP contribution in [-0.4, -0.2) is 32.8 Å². The predicted octanol–water partition coefficient (Wildman–Crippen LogP) is 2.53. The molecule has 1 rings (SSSR count). The zero-order valence-electron chi connectivity index (χ0n) is 11.9. The average Bonchev–Trinajstić information content (AvgIpc) is 2.91. The number of esters is 1. The first-order valence-corrected chi connectivity index (χ1v) is 6.68. The van der Waals surface area contributed by atoms with Crippen molar-refractivity contribution in [1.29, 1.82) is 0 Å². The van der Waals surface area contributed by atoms with Crippen LogP contribution in [0.1, 0.15) is 49.0 Å². The van der Waals surface area contributed by atoms with Crippen molar-refractivity contribution in [3.8, 4) is 0 Å². The highest BCUT2D eigenvalue weighted by Crippen LogP contribution is 2.16. The minimum absolute atomic E-state index is 0.0354. The summed E-state index contributed by atoms with van der Waals surface area (Å²) in [5, 5.41) is 3.28. The monoisotopic (exact) mass is 269 g/mol. The fraction of sp³-hybridized carbons (Fsp3) is 0.643. The number of carbonyl (C=O) groups excluding carboxylic acids is 1. The number of unbranched alkanes of at least 4 members (excludes halogenated alkanes) is 1. The lowest BCUT2D eigenvalue weighted by atomic mass is 10.2. The van der Waals surface area contributed by atoms with E-state index in [1.54, 1.807) is 12.1 Å². The van der Waals surface area contributed by atoms with E-state index in [0.717, 1.165) is 26.0 Å². The number of nitrogens with one attached hydrogen (secondary N) is 1. The van der Waals surface area contributed by atoms with Crippen LogP contribution in [0.4, 0.5) is 0 Å². The molecule has 0 aliphatic carbocycles. The van der Waals surface area contributed by atoms with E-state index in [9.17, 15) is 4.79 Å². The topological polar surface area (TPSA) is 60.7 Å². The predicted molar refractivity (Wildman–Crippen MR) is 72.2 cm³/mol. The van der Waals surface area contributed by atoms with Crippen molar-refractivity contribution in [2.45, 2.75) is 32.7 Å². The molecule has 1 aromatic heterocycles. The summed E-state index contributed by atoms with van der Waals surface area (Å²) in [7, 11) is 1.33. The van der Waals surface area contributed by atoms with Crippen LogP contribution in [0.25, 0.3) is 0 Å². The molecule has 0 bridgehead atoms. The largest absolute Gasteiger partial charge is 0.463 e. The molecule has 1 unspecified atom stereocenters. The molecule has 0 aromatic carbocycles. The zero-order valence-corrected chi connectivity index (χ0v) is 11.9. The Morgan fingerprint density at radius 3 is 2.89 bits per heavy atom. The Morgan fingerprint density at radius 2 is 2.21 bits per heavy atom. The first kappa shape index (κ1) is 15.7. The average molecular weight is 269 g/mol. The smallest absolute Gasteiger partial charge is 0.373 e. The summed E-state index contributed by atoms with van der Waals surface area (Å²) >= 11 is 0. The van der Waals surface area contributed by atoms with Crippen LogP contribution in [0.2, 0.25) is 0 Å². The Bertz CT molecular complexity index is 375. The molecule has 5 heteroatoms. The Kier molecular flexibility index (Phi) is 7.22. The van der Waals surface area contributed by atoms with E-state index in [1.165, 1.54) is 7.11 Å². The quantitative estimate of drug-likeness (QED) is 0.551. The van der Waals surface area contributed by atoms with Crippen LogP contribution in [0.5, 0.6) is 0 Å². The second kappa shape index (κ2) is 8.72. The maximum atomic E-state index is 11.3. The van der Waals surface area contributed by atoms with Gasteiger partial charge < -0.3 is 19.2 Å². The van der Waals surface area contributed by atoms with Crippen molar-refractivity contribution < 1.29 is 18.7 Å². The molecule has 0 saturated heterocycles. The molecule has 0 fully saturated rings. The third-order valence-electron chi connectivity index (χ3n) is 2.78. The third kappa shape index (κ3) is 5.44. The molecule has 0 aliphatic rings. The number of ether oxygens (including phenoxy) is 2. The van der Waals surface area contributed by atoms with Crippen LogP contribution in [0.3, 0.4) is 0 Å². The lowest BCUT2D eigenvalue weighted by Crippen LogP contribution is -2.23. The normalized spacial score (nSPS) is 12.4. The van der Waals surface area contributed by atoms with E-state index < -0.39 is 5.97 Å². The SMILES string of the molecule is CCCCOCCNC(C)c1ccc(C(=O)OC)o1. The summed E-state index contributed by atoms with van der Waals surface area (Å²) in [4.78, 5) is 11.3. The molecule has 0 amide bonds. The number of furan rings is 1. The first-order chi connectivity index (χ1) is 9.19. The van der Waals surface area contributed by atoms with Gasteiger partial charge in [-0.05, 0) is 25.5 Å². The van der Waals surface area contributed by atoms with E-state index in [4.69, 9.17) is 9.15 Å². The van der Waals surface area contributed by atoms with Crippen molar-refractivity contribution in [3.63, 3.8) is 0 Å². The summed E-state index contributed by atoms with van der Waals surface area (Å²) in [6.45, 7) is 6.35. The van der Waals surface area contributed by atoms with Crippen molar-refractivity contribution in [2.24, 2.45) is 0 Å². The Hall–Kier alpha value is -1.33. The highest BCUT2D eigenvalue weighted by atomic mass is 16.5. The number of rotatable bonds is 9. The highest BCUT2D eigenvalue weighted by Gasteiger charge is 2.14. The molecule has 0 radical (unpaired) electrons. The van der Waals surface area contributed by atoms with Gasteiger partial charge in [0.2, 0.25) is 5.76 Å². The number of carbonyl (C=O) groups is 1. The zero-order chi connectivity index (χ0) is 14.1. The number of hydrogen-bond acceptors (Lipinski definition) is 5. The minimum Gasteiger partial charge on any atom is -0.463 e. The standard InChI is InChI=1S/C14H23NO4/c1-4-5-9-18-10-8-15-11(2)12-6-7-13(19-12)14(16)17-3/h6-7,11,15H,4-5,8-10H2,1-3H3. The van der Waals surface area contributed by atoms with Crippen molar-refractivity contribution in [2.75, 3.05) is 26.9 Å². The molecule has 1 aromatic rings. The Morgan fingerprint density at radius 1 is 1.42 bits per heavy atom. The summed E-state index contributed by atoms with van der Waals surface area (Å²) in [5.74, 6) is 0.487.